The number of halogens is 2. The predicted octanol–water partition coefficient (Wildman–Crippen LogP) is 2.34. The van der Waals surface area contributed by atoms with E-state index in [9.17, 15) is 13.5 Å². The number of sulfonamides is 1. The molecule has 2 aromatic rings. The highest BCUT2D eigenvalue weighted by molar-refractivity contribution is 9.10. The van der Waals surface area contributed by atoms with Crippen LogP contribution in [0.2, 0.25) is 5.02 Å². The number of nitrogens with one attached hydrogen (secondary N) is 2. The number of hydrogen-bond acceptors (Lipinski definition) is 5. The number of aromatic hydroxyl groups is 1. The minimum Gasteiger partial charge on any atom is -0.505 e. The number of phenols is 1. The molecule has 7 nitrogen and oxygen atoms in total. The van der Waals surface area contributed by atoms with Gasteiger partial charge in [0.05, 0.1) is 11.3 Å². The molecule has 0 radical (unpaired) electrons. The van der Waals surface area contributed by atoms with Crippen molar-refractivity contribution in [3.8, 4) is 5.75 Å². The van der Waals surface area contributed by atoms with E-state index in [1.54, 1.807) is 12.5 Å². The zero-order valence-electron chi connectivity index (χ0n) is 11.8. The molecule has 0 amide bonds. The van der Waals surface area contributed by atoms with Crippen LogP contribution in [0.15, 0.2) is 34.0 Å². The van der Waals surface area contributed by atoms with E-state index in [1.165, 1.54) is 12.1 Å². The Morgan fingerprint density at radius 2 is 2.26 bits per heavy atom. The van der Waals surface area contributed by atoms with E-state index in [-0.39, 0.29) is 21.8 Å². The van der Waals surface area contributed by atoms with Gasteiger partial charge in [0.25, 0.3) is 10.0 Å². The van der Waals surface area contributed by atoms with Crippen molar-refractivity contribution in [1.29, 1.82) is 0 Å². The van der Waals surface area contributed by atoms with E-state index < -0.39 is 15.8 Å². The average Bonchev–Trinajstić information content (AvgIpc) is 3.12. The fraction of sp³-hybridized carbons (Fsp3) is 0.308. The van der Waals surface area contributed by atoms with Gasteiger partial charge in [-0.1, -0.05) is 27.5 Å². The normalized spacial score (nSPS) is 18.3. The van der Waals surface area contributed by atoms with Crippen LogP contribution in [-0.2, 0) is 10.0 Å². The summed E-state index contributed by atoms with van der Waals surface area (Å²) in [4.78, 5) is 3.75. The van der Waals surface area contributed by atoms with Gasteiger partial charge in [-0.05, 0) is 25.1 Å². The molecule has 3 N–H and O–H groups in total. The van der Waals surface area contributed by atoms with Crippen LogP contribution in [-0.4, -0.2) is 36.2 Å². The minimum absolute atomic E-state index is 0.0534. The molecule has 124 valence electrons. The fourth-order valence-electron chi connectivity index (χ4n) is 2.42. The van der Waals surface area contributed by atoms with Crippen LogP contribution in [0.5, 0.6) is 5.75 Å². The summed E-state index contributed by atoms with van der Waals surface area (Å²) in [5.41, 5.74) is 0. The van der Waals surface area contributed by atoms with Gasteiger partial charge in [0, 0.05) is 23.3 Å². The van der Waals surface area contributed by atoms with Crippen LogP contribution in [0.25, 0.3) is 0 Å². The molecule has 0 saturated carbocycles. The minimum atomic E-state index is -4.01. The number of nitrogens with zero attached hydrogens (tertiary/aromatic N) is 2. The molecule has 1 aromatic heterocycles. The Morgan fingerprint density at radius 1 is 1.48 bits per heavy atom. The Hall–Kier alpha value is -1.29. The molecule has 1 saturated heterocycles. The fourth-order valence-corrected chi connectivity index (χ4v) is 4.58. The molecule has 1 atom stereocenters. The number of aromatic nitrogens is 2. The highest BCUT2D eigenvalue weighted by atomic mass is 79.9. The first kappa shape index (κ1) is 16.6. The maximum Gasteiger partial charge on any atom is 0.266 e. The van der Waals surface area contributed by atoms with Crippen molar-refractivity contribution >= 4 is 43.4 Å². The van der Waals surface area contributed by atoms with Crippen molar-refractivity contribution in [1.82, 2.24) is 14.9 Å². The predicted molar refractivity (Wildman–Crippen MR) is 90.4 cm³/mol. The topological polar surface area (TPSA) is 96.3 Å². The lowest BCUT2D eigenvalue weighted by Gasteiger charge is -2.10. The second-order valence-corrected chi connectivity index (χ2v) is 8.17. The van der Waals surface area contributed by atoms with E-state index in [0.717, 1.165) is 19.5 Å². The summed E-state index contributed by atoms with van der Waals surface area (Å²) in [6, 6.07) is 2.95. The summed E-state index contributed by atoms with van der Waals surface area (Å²) in [5.74, 6) is -0.311. The Labute approximate surface area is 146 Å². The van der Waals surface area contributed by atoms with Gasteiger partial charge in [0.15, 0.2) is 11.6 Å². The Morgan fingerprint density at radius 3 is 2.96 bits per heavy atom. The number of anilines is 1. The summed E-state index contributed by atoms with van der Waals surface area (Å²) >= 11 is 8.98. The zero-order chi connectivity index (χ0) is 16.6. The lowest BCUT2D eigenvalue weighted by atomic mass is 10.3. The standard InChI is InChI=1S/C13H14BrClN4O3S/c14-8-3-10(15)13(20)11(4-8)23(21,22)18-12-6-19(7-17-12)9-1-2-16-5-9/h3-4,6-7,9,16,18,20H,1-2,5H2. The number of rotatable bonds is 4. The largest absolute Gasteiger partial charge is 0.505 e. The van der Waals surface area contributed by atoms with E-state index >= 15 is 0 Å². The van der Waals surface area contributed by atoms with Gasteiger partial charge in [0.1, 0.15) is 4.90 Å². The molecule has 1 aliphatic rings. The van der Waals surface area contributed by atoms with Gasteiger partial charge in [-0.2, -0.15) is 0 Å². The Balaban J connectivity index is 1.87. The van der Waals surface area contributed by atoms with Crippen LogP contribution in [0.4, 0.5) is 5.82 Å². The van der Waals surface area contributed by atoms with Gasteiger partial charge in [-0.15, -0.1) is 0 Å². The molecule has 1 aliphatic heterocycles. The van der Waals surface area contributed by atoms with Crippen molar-refractivity contribution in [2.75, 3.05) is 17.8 Å². The molecular formula is C13H14BrClN4O3S. The SMILES string of the molecule is O=S(=O)(Nc1cn(C2CCNC2)cn1)c1cc(Br)cc(Cl)c1O. The molecule has 2 heterocycles. The molecular weight excluding hydrogens is 408 g/mol. The molecule has 23 heavy (non-hydrogen) atoms. The van der Waals surface area contributed by atoms with Gasteiger partial charge < -0.3 is 15.0 Å². The second-order valence-electron chi connectivity index (χ2n) is 5.19. The van der Waals surface area contributed by atoms with Crippen molar-refractivity contribution in [3.05, 3.63) is 34.2 Å². The molecule has 1 aromatic carbocycles. The molecule has 3 rings (SSSR count). The van der Waals surface area contributed by atoms with Crippen LogP contribution in [0, 0.1) is 0 Å². The van der Waals surface area contributed by atoms with Crippen LogP contribution < -0.4 is 10.0 Å². The highest BCUT2D eigenvalue weighted by Crippen LogP contribution is 2.35. The number of benzene rings is 1. The molecule has 10 heteroatoms. The Kier molecular flexibility index (Phi) is 4.54. The Bertz CT molecular complexity index is 834. The first-order valence-corrected chi connectivity index (χ1v) is 9.47. The van der Waals surface area contributed by atoms with E-state index in [2.05, 4.69) is 31.0 Å². The summed E-state index contributed by atoms with van der Waals surface area (Å²) in [5, 5.41) is 13.1. The first-order valence-electron chi connectivity index (χ1n) is 6.82. The summed E-state index contributed by atoms with van der Waals surface area (Å²) in [6.45, 7) is 1.75. The van der Waals surface area contributed by atoms with Crippen LogP contribution in [0.3, 0.4) is 0 Å². The lowest BCUT2D eigenvalue weighted by Crippen LogP contribution is -2.14. The third-order valence-corrected chi connectivity index (χ3v) is 5.69. The van der Waals surface area contributed by atoms with Gasteiger partial charge in [-0.25, -0.2) is 13.4 Å². The molecule has 1 unspecified atom stereocenters. The van der Waals surface area contributed by atoms with Crippen molar-refractivity contribution in [2.24, 2.45) is 0 Å². The molecule has 0 spiro atoms. The van der Waals surface area contributed by atoms with Gasteiger partial charge in [-0.3, -0.25) is 4.72 Å². The van der Waals surface area contributed by atoms with E-state index in [4.69, 9.17) is 11.6 Å². The van der Waals surface area contributed by atoms with Crippen molar-refractivity contribution in [2.45, 2.75) is 17.4 Å². The molecule has 0 aliphatic carbocycles. The average molecular weight is 422 g/mol. The quantitative estimate of drug-likeness (QED) is 0.704. The van der Waals surface area contributed by atoms with Crippen molar-refractivity contribution < 1.29 is 13.5 Å². The van der Waals surface area contributed by atoms with Gasteiger partial charge in [0.2, 0.25) is 0 Å². The number of imidazole rings is 1. The second kappa shape index (κ2) is 6.31. The van der Waals surface area contributed by atoms with Crippen LogP contribution >= 0.6 is 27.5 Å². The maximum atomic E-state index is 12.4. The van der Waals surface area contributed by atoms with Crippen LogP contribution in [0.1, 0.15) is 12.5 Å². The van der Waals surface area contributed by atoms with E-state index in [0.29, 0.717) is 4.47 Å². The maximum absolute atomic E-state index is 12.4. The number of hydrogen-bond donors (Lipinski definition) is 3. The molecule has 1 fully saturated rings. The smallest absolute Gasteiger partial charge is 0.266 e. The third kappa shape index (κ3) is 3.47. The highest BCUT2D eigenvalue weighted by Gasteiger charge is 2.23. The summed E-state index contributed by atoms with van der Waals surface area (Å²) in [7, 11) is -4.01. The lowest BCUT2D eigenvalue weighted by molar-refractivity contribution is 0.459. The zero-order valence-corrected chi connectivity index (χ0v) is 15.0. The number of phenolic OH excluding ortho intramolecular Hbond substituents is 1. The van der Waals surface area contributed by atoms with E-state index in [1.807, 2.05) is 4.57 Å². The van der Waals surface area contributed by atoms with Crippen molar-refractivity contribution in [3.63, 3.8) is 0 Å². The third-order valence-electron chi connectivity index (χ3n) is 3.58. The summed E-state index contributed by atoms with van der Waals surface area (Å²) < 4.78 is 29.6. The van der Waals surface area contributed by atoms with Gasteiger partial charge >= 0.3 is 0 Å². The first-order chi connectivity index (χ1) is 10.9. The monoisotopic (exact) mass is 420 g/mol. The summed E-state index contributed by atoms with van der Waals surface area (Å²) in [6.07, 6.45) is 4.18. The molecule has 0 bridgehead atoms.